The lowest BCUT2D eigenvalue weighted by Gasteiger charge is -2.08. The van der Waals surface area contributed by atoms with Gasteiger partial charge in [0.1, 0.15) is 34.1 Å². The number of furan rings is 1. The molecule has 3 aromatic carbocycles. The van der Waals surface area contributed by atoms with E-state index in [2.05, 4.69) is 15.5 Å². The van der Waals surface area contributed by atoms with Gasteiger partial charge in [0.2, 0.25) is 0 Å². The number of benzene rings is 3. The summed E-state index contributed by atoms with van der Waals surface area (Å²) in [6.45, 7) is 0.246. The Kier molecular flexibility index (Phi) is 4.63. The number of hydrogen-bond donors (Lipinski definition) is 2. The minimum Gasteiger partial charge on any atom is -0.494 e. The van der Waals surface area contributed by atoms with Crippen molar-refractivity contribution in [2.45, 2.75) is 6.54 Å². The molecule has 0 aliphatic carbocycles. The van der Waals surface area contributed by atoms with Gasteiger partial charge in [0, 0.05) is 21.9 Å². The van der Waals surface area contributed by atoms with E-state index in [4.69, 9.17) is 9.15 Å². The number of nitrogens with one attached hydrogen (secondary N) is 2. The molecule has 0 aliphatic heterocycles. The van der Waals surface area contributed by atoms with Crippen LogP contribution in [0.4, 0.5) is 4.39 Å². The van der Waals surface area contributed by atoms with Crippen molar-refractivity contribution in [1.29, 1.82) is 0 Å². The van der Waals surface area contributed by atoms with Crippen LogP contribution in [0.3, 0.4) is 0 Å². The summed E-state index contributed by atoms with van der Waals surface area (Å²) in [6, 6.07) is 19.1. The van der Waals surface area contributed by atoms with Crippen LogP contribution < -0.4 is 10.1 Å². The van der Waals surface area contributed by atoms with E-state index in [0.29, 0.717) is 39.2 Å². The van der Waals surface area contributed by atoms with E-state index in [-0.39, 0.29) is 18.3 Å². The van der Waals surface area contributed by atoms with E-state index in [1.165, 1.54) is 19.2 Å². The summed E-state index contributed by atoms with van der Waals surface area (Å²) in [5.41, 5.74) is 2.95. The van der Waals surface area contributed by atoms with E-state index in [9.17, 15) is 9.18 Å². The highest BCUT2D eigenvalue weighted by Gasteiger charge is 2.17. The first-order valence-corrected chi connectivity index (χ1v) is 9.70. The molecule has 154 valence electrons. The fraction of sp³-hybridized carbons (Fsp3) is 0.0833. The first-order valence-electron chi connectivity index (χ1n) is 9.70. The first-order chi connectivity index (χ1) is 15.1. The summed E-state index contributed by atoms with van der Waals surface area (Å²) in [4.78, 5) is 12.9. The highest BCUT2D eigenvalue weighted by Crippen LogP contribution is 2.33. The molecule has 0 unspecified atom stereocenters. The van der Waals surface area contributed by atoms with Crippen molar-refractivity contribution >= 4 is 27.8 Å². The van der Waals surface area contributed by atoms with Gasteiger partial charge in [0.15, 0.2) is 0 Å². The SMILES string of the molecule is COc1cc(C(=O)NCc2cc3ccccc3o2)cc2c(-c3cccc(F)c3)n[nH]c12. The number of carbonyl (C=O) groups is 1. The van der Waals surface area contributed by atoms with Gasteiger partial charge in [-0.05, 0) is 36.4 Å². The average Bonchev–Trinajstić information content (AvgIpc) is 3.40. The second kappa shape index (κ2) is 7.60. The lowest BCUT2D eigenvalue weighted by Crippen LogP contribution is -2.22. The molecule has 0 atom stereocenters. The number of aromatic nitrogens is 2. The molecule has 2 N–H and O–H groups in total. The number of aromatic amines is 1. The van der Waals surface area contributed by atoms with E-state index in [1.807, 2.05) is 30.3 Å². The summed E-state index contributed by atoms with van der Waals surface area (Å²) < 4.78 is 24.9. The Bertz CT molecular complexity index is 1390. The minimum atomic E-state index is -0.361. The number of methoxy groups -OCH3 is 1. The normalized spacial score (nSPS) is 11.2. The van der Waals surface area contributed by atoms with Crippen LogP contribution in [0.25, 0.3) is 33.1 Å². The fourth-order valence-corrected chi connectivity index (χ4v) is 3.63. The molecule has 0 saturated carbocycles. The molecule has 31 heavy (non-hydrogen) atoms. The van der Waals surface area contributed by atoms with E-state index < -0.39 is 0 Å². The van der Waals surface area contributed by atoms with Gasteiger partial charge in [-0.1, -0.05) is 30.3 Å². The van der Waals surface area contributed by atoms with Crippen molar-refractivity contribution in [3.63, 3.8) is 0 Å². The van der Waals surface area contributed by atoms with Crippen LogP contribution in [0, 0.1) is 5.82 Å². The molecule has 7 heteroatoms. The predicted molar refractivity (Wildman–Crippen MR) is 115 cm³/mol. The molecular formula is C24H18FN3O3. The number of ether oxygens (including phenoxy) is 1. The smallest absolute Gasteiger partial charge is 0.251 e. The van der Waals surface area contributed by atoms with Gasteiger partial charge in [-0.3, -0.25) is 9.89 Å². The maximum atomic E-state index is 13.7. The van der Waals surface area contributed by atoms with Gasteiger partial charge in [-0.2, -0.15) is 5.10 Å². The number of H-pyrrole nitrogens is 1. The Morgan fingerprint density at radius 3 is 2.81 bits per heavy atom. The van der Waals surface area contributed by atoms with Gasteiger partial charge in [-0.25, -0.2) is 4.39 Å². The van der Waals surface area contributed by atoms with Gasteiger partial charge in [0.25, 0.3) is 5.91 Å². The van der Waals surface area contributed by atoms with Gasteiger partial charge in [0.05, 0.1) is 13.7 Å². The van der Waals surface area contributed by atoms with Crippen LogP contribution in [-0.2, 0) is 6.54 Å². The molecule has 2 heterocycles. The Morgan fingerprint density at radius 2 is 2.00 bits per heavy atom. The number of nitrogens with zero attached hydrogens (tertiary/aromatic N) is 1. The Labute approximate surface area is 176 Å². The van der Waals surface area contributed by atoms with Gasteiger partial charge >= 0.3 is 0 Å². The number of halogens is 1. The standard InChI is InChI=1S/C24H18FN3O3/c1-30-21-12-16(24(29)26-13-18-10-14-5-2-3-8-20(14)31-18)11-19-22(27-28-23(19)21)15-6-4-7-17(25)9-15/h2-12H,13H2,1H3,(H,26,29)(H,27,28). The van der Waals surface area contributed by atoms with Gasteiger partial charge in [-0.15, -0.1) is 0 Å². The fourth-order valence-electron chi connectivity index (χ4n) is 3.63. The summed E-state index contributed by atoms with van der Waals surface area (Å²) in [5, 5.41) is 11.8. The number of rotatable bonds is 5. The zero-order chi connectivity index (χ0) is 21.4. The first kappa shape index (κ1) is 18.9. The number of amides is 1. The zero-order valence-corrected chi connectivity index (χ0v) is 16.6. The second-order valence-corrected chi connectivity index (χ2v) is 7.12. The van der Waals surface area contributed by atoms with Crippen molar-refractivity contribution in [3.8, 4) is 17.0 Å². The quantitative estimate of drug-likeness (QED) is 0.421. The Morgan fingerprint density at radius 1 is 1.13 bits per heavy atom. The summed E-state index contributed by atoms with van der Waals surface area (Å²) in [7, 11) is 1.52. The van der Waals surface area contributed by atoms with Crippen LogP contribution in [0.5, 0.6) is 5.75 Å². The molecule has 0 saturated heterocycles. The molecule has 6 nitrogen and oxygen atoms in total. The molecule has 5 aromatic rings. The maximum absolute atomic E-state index is 13.7. The second-order valence-electron chi connectivity index (χ2n) is 7.12. The third kappa shape index (κ3) is 3.50. The van der Waals surface area contributed by atoms with Crippen LogP contribution >= 0.6 is 0 Å². The molecule has 5 rings (SSSR count). The maximum Gasteiger partial charge on any atom is 0.251 e. The van der Waals surface area contributed by atoms with E-state index in [1.54, 1.807) is 24.3 Å². The lowest BCUT2D eigenvalue weighted by atomic mass is 10.0. The molecular weight excluding hydrogens is 397 g/mol. The molecule has 0 fully saturated rings. The topological polar surface area (TPSA) is 80.2 Å². The van der Waals surface area contributed by atoms with Crippen molar-refractivity contribution in [1.82, 2.24) is 15.5 Å². The number of fused-ring (bicyclic) bond motifs is 2. The Hall–Kier alpha value is -4.13. The third-order valence-electron chi connectivity index (χ3n) is 5.12. The lowest BCUT2D eigenvalue weighted by molar-refractivity contribution is 0.0948. The molecule has 2 aromatic heterocycles. The number of para-hydroxylation sites is 1. The predicted octanol–water partition coefficient (Wildman–Crippen LogP) is 5.05. The molecule has 0 radical (unpaired) electrons. The average molecular weight is 415 g/mol. The van der Waals surface area contributed by atoms with Crippen molar-refractivity contribution in [2.24, 2.45) is 0 Å². The van der Waals surface area contributed by atoms with Crippen LogP contribution in [-0.4, -0.2) is 23.2 Å². The number of hydrogen-bond acceptors (Lipinski definition) is 4. The molecule has 0 aliphatic rings. The molecule has 1 amide bonds. The highest BCUT2D eigenvalue weighted by molar-refractivity contribution is 6.03. The van der Waals surface area contributed by atoms with Crippen LogP contribution in [0.15, 0.2) is 71.1 Å². The highest BCUT2D eigenvalue weighted by atomic mass is 19.1. The largest absolute Gasteiger partial charge is 0.494 e. The van der Waals surface area contributed by atoms with Crippen molar-refractivity contribution in [3.05, 3.63) is 83.9 Å². The number of carbonyl (C=O) groups excluding carboxylic acids is 1. The van der Waals surface area contributed by atoms with E-state index >= 15 is 0 Å². The van der Waals surface area contributed by atoms with Crippen molar-refractivity contribution < 1.29 is 18.3 Å². The summed E-state index contributed by atoms with van der Waals surface area (Å²) >= 11 is 0. The van der Waals surface area contributed by atoms with Crippen LogP contribution in [0.2, 0.25) is 0 Å². The van der Waals surface area contributed by atoms with Gasteiger partial charge < -0.3 is 14.5 Å². The summed E-state index contributed by atoms with van der Waals surface area (Å²) in [5.74, 6) is 0.486. The zero-order valence-electron chi connectivity index (χ0n) is 16.6. The van der Waals surface area contributed by atoms with Crippen LogP contribution in [0.1, 0.15) is 16.1 Å². The van der Waals surface area contributed by atoms with Crippen molar-refractivity contribution in [2.75, 3.05) is 7.11 Å². The molecule has 0 spiro atoms. The summed E-state index contributed by atoms with van der Waals surface area (Å²) in [6.07, 6.45) is 0. The molecule has 0 bridgehead atoms. The van der Waals surface area contributed by atoms with E-state index in [0.717, 1.165) is 11.0 Å². The third-order valence-corrected chi connectivity index (χ3v) is 5.12. The Balaban J connectivity index is 1.47. The monoisotopic (exact) mass is 415 g/mol. The minimum absolute atomic E-state index is 0.246.